The SMILES string of the molecule is CCCCCCCCCCCCCCCCCCN(CCCCCCCCCCCCCCCCCC)SC(N)=S. The monoisotopic (exact) mass is 613 g/mol. The Morgan fingerprint density at radius 1 is 0.390 bits per heavy atom. The number of thiocarbonyl (C=S) groups is 1. The molecule has 4 heteroatoms. The van der Waals surface area contributed by atoms with Gasteiger partial charge in [-0.15, -0.1) is 0 Å². The van der Waals surface area contributed by atoms with Gasteiger partial charge >= 0.3 is 0 Å². The molecular weight excluding hydrogens is 537 g/mol. The van der Waals surface area contributed by atoms with Crippen LogP contribution in [0.4, 0.5) is 0 Å². The molecule has 41 heavy (non-hydrogen) atoms. The number of nitrogens with two attached hydrogens (primary N) is 1. The van der Waals surface area contributed by atoms with Crippen LogP contribution in [-0.2, 0) is 0 Å². The average Bonchev–Trinajstić information content (AvgIpc) is 2.96. The second-order valence-electron chi connectivity index (χ2n) is 12.9. The summed E-state index contributed by atoms with van der Waals surface area (Å²) >= 11 is 6.82. The lowest BCUT2D eigenvalue weighted by Crippen LogP contribution is -2.23. The Morgan fingerprint density at radius 3 is 0.780 bits per heavy atom. The maximum atomic E-state index is 5.87. The van der Waals surface area contributed by atoms with Crippen LogP contribution in [0.3, 0.4) is 0 Å². The van der Waals surface area contributed by atoms with Crippen LogP contribution >= 0.6 is 24.2 Å². The minimum atomic E-state index is 0.581. The van der Waals surface area contributed by atoms with E-state index in [9.17, 15) is 0 Å². The van der Waals surface area contributed by atoms with Crippen molar-refractivity contribution in [3.63, 3.8) is 0 Å². The summed E-state index contributed by atoms with van der Waals surface area (Å²) in [6.45, 7) is 6.88. The molecule has 0 heterocycles. The van der Waals surface area contributed by atoms with Crippen molar-refractivity contribution in [2.24, 2.45) is 5.73 Å². The van der Waals surface area contributed by atoms with Crippen LogP contribution in [0.1, 0.15) is 219 Å². The number of nitrogens with zero attached hydrogens (tertiary/aromatic N) is 1. The first-order chi connectivity index (χ1) is 20.2. The van der Waals surface area contributed by atoms with E-state index in [1.165, 1.54) is 205 Å². The Balaban J connectivity index is 3.46. The lowest BCUT2D eigenvalue weighted by atomic mass is 10.0. The number of hydrogen-bond donors (Lipinski definition) is 1. The highest BCUT2D eigenvalue weighted by molar-refractivity contribution is 8.21. The molecule has 2 nitrogen and oxygen atoms in total. The summed E-state index contributed by atoms with van der Waals surface area (Å²) in [5.41, 5.74) is 5.87. The summed E-state index contributed by atoms with van der Waals surface area (Å²) in [6, 6.07) is 0. The Hall–Kier alpha value is 0.200. The fourth-order valence-electron chi connectivity index (χ4n) is 6.00. The van der Waals surface area contributed by atoms with Gasteiger partial charge in [-0.05, 0) is 24.8 Å². The van der Waals surface area contributed by atoms with Crippen LogP contribution < -0.4 is 5.73 Å². The first-order valence-corrected chi connectivity index (χ1v) is 20.1. The van der Waals surface area contributed by atoms with E-state index in [-0.39, 0.29) is 0 Å². The van der Waals surface area contributed by atoms with Gasteiger partial charge in [-0.3, -0.25) is 0 Å². The fourth-order valence-corrected chi connectivity index (χ4v) is 7.01. The van der Waals surface area contributed by atoms with Gasteiger partial charge in [0.05, 0.1) is 0 Å². The van der Waals surface area contributed by atoms with E-state index in [1.54, 1.807) is 11.9 Å². The molecule has 0 aromatic rings. The van der Waals surface area contributed by atoms with Crippen LogP contribution in [0.2, 0.25) is 0 Å². The number of rotatable bonds is 35. The van der Waals surface area contributed by atoms with E-state index >= 15 is 0 Å². The second kappa shape index (κ2) is 36.4. The summed E-state index contributed by atoms with van der Waals surface area (Å²) in [7, 11) is 0. The predicted molar refractivity (Wildman–Crippen MR) is 195 cm³/mol. The van der Waals surface area contributed by atoms with Crippen LogP contribution in [-0.4, -0.2) is 21.7 Å². The summed E-state index contributed by atoms with van der Waals surface area (Å²) < 4.78 is 3.02. The maximum Gasteiger partial charge on any atom is 0.146 e. The van der Waals surface area contributed by atoms with Gasteiger partial charge in [0.2, 0.25) is 0 Å². The molecule has 246 valence electrons. The van der Waals surface area contributed by atoms with E-state index in [2.05, 4.69) is 18.2 Å². The Morgan fingerprint density at radius 2 is 0.585 bits per heavy atom. The molecule has 0 aliphatic rings. The largest absolute Gasteiger partial charge is 0.384 e. The van der Waals surface area contributed by atoms with Gasteiger partial charge in [0, 0.05) is 13.1 Å². The van der Waals surface area contributed by atoms with E-state index in [0.29, 0.717) is 4.32 Å². The van der Waals surface area contributed by atoms with Crippen molar-refractivity contribution in [1.29, 1.82) is 0 Å². The van der Waals surface area contributed by atoms with Crippen LogP contribution in [0.5, 0.6) is 0 Å². The van der Waals surface area contributed by atoms with Gasteiger partial charge in [-0.25, -0.2) is 4.31 Å². The summed E-state index contributed by atoms with van der Waals surface area (Å²) in [5.74, 6) is 0. The zero-order valence-electron chi connectivity index (χ0n) is 28.4. The van der Waals surface area contributed by atoms with Gasteiger partial charge in [-0.2, -0.15) is 0 Å². The summed E-state index contributed by atoms with van der Waals surface area (Å²) in [5, 5.41) is 0. The molecule has 0 rings (SSSR count). The molecule has 0 fully saturated rings. The average molecular weight is 613 g/mol. The third-order valence-electron chi connectivity index (χ3n) is 8.74. The highest BCUT2D eigenvalue weighted by Gasteiger charge is 2.07. The second-order valence-corrected chi connectivity index (χ2v) is 14.8. The first-order valence-electron chi connectivity index (χ1n) is 18.9. The quantitative estimate of drug-likeness (QED) is 0.0438. The molecule has 0 aliphatic carbocycles. The zero-order valence-corrected chi connectivity index (χ0v) is 30.0. The van der Waals surface area contributed by atoms with Crippen molar-refractivity contribution >= 4 is 28.5 Å². The number of unbranched alkanes of at least 4 members (excludes halogenated alkanes) is 30. The minimum absolute atomic E-state index is 0.581. The molecule has 0 bridgehead atoms. The van der Waals surface area contributed by atoms with E-state index in [1.807, 2.05) is 0 Å². The van der Waals surface area contributed by atoms with Crippen LogP contribution in [0, 0.1) is 0 Å². The van der Waals surface area contributed by atoms with Crippen molar-refractivity contribution in [2.75, 3.05) is 13.1 Å². The molecule has 0 unspecified atom stereocenters. The molecule has 0 spiro atoms. The van der Waals surface area contributed by atoms with E-state index < -0.39 is 0 Å². The molecule has 0 amide bonds. The Bertz CT molecular complexity index is 463. The summed E-state index contributed by atoms with van der Waals surface area (Å²) in [6.07, 6.45) is 45.6. The molecule has 0 aromatic carbocycles. The van der Waals surface area contributed by atoms with Crippen molar-refractivity contribution in [3.8, 4) is 0 Å². The molecule has 0 saturated carbocycles. The van der Waals surface area contributed by atoms with Crippen molar-refractivity contribution in [3.05, 3.63) is 0 Å². The molecular formula is C37H76N2S2. The molecule has 0 atom stereocenters. The highest BCUT2D eigenvalue weighted by Crippen LogP contribution is 2.18. The third kappa shape index (κ3) is 36.3. The Kier molecular flexibility index (Phi) is 36.6. The molecule has 0 aromatic heterocycles. The summed E-state index contributed by atoms with van der Waals surface area (Å²) in [4.78, 5) is 0. The van der Waals surface area contributed by atoms with Gasteiger partial charge in [0.25, 0.3) is 0 Å². The van der Waals surface area contributed by atoms with Crippen LogP contribution in [0.25, 0.3) is 0 Å². The number of hydrogen-bond acceptors (Lipinski definition) is 3. The molecule has 0 radical (unpaired) electrons. The predicted octanol–water partition coefficient (Wildman–Crippen LogP) is 13.7. The standard InChI is InChI=1S/C37H76N2S2/c1-3-5-7-9-11-13-15-17-19-21-23-25-27-29-31-33-35-39(41-37(38)40)36-34-32-30-28-26-24-22-20-18-16-14-12-10-8-6-4-2/h3-36H2,1-2H3,(H2,38,40). The minimum Gasteiger partial charge on any atom is -0.384 e. The Labute approximate surface area is 270 Å². The van der Waals surface area contributed by atoms with Crippen LogP contribution in [0.15, 0.2) is 0 Å². The van der Waals surface area contributed by atoms with E-state index in [0.717, 1.165) is 13.1 Å². The lowest BCUT2D eigenvalue weighted by molar-refractivity contribution is 0.425. The van der Waals surface area contributed by atoms with E-state index in [4.69, 9.17) is 18.0 Å². The van der Waals surface area contributed by atoms with Gasteiger partial charge in [0.15, 0.2) is 0 Å². The lowest BCUT2D eigenvalue weighted by Gasteiger charge is -2.20. The van der Waals surface area contributed by atoms with Crippen molar-refractivity contribution in [1.82, 2.24) is 4.31 Å². The first kappa shape index (κ1) is 41.2. The fraction of sp³-hybridized carbons (Fsp3) is 0.973. The topological polar surface area (TPSA) is 29.3 Å². The smallest absolute Gasteiger partial charge is 0.146 e. The van der Waals surface area contributed by atoms with Crippen molar-refractivity contribution in [2.45, 2.75) is 219 Å². The third-order valence-corrected chi connectivity index (χ3v) is 9.77. The molecule has 0 saturated heterocycles. The molecule has 0 aliphatic heterocycles. The highest BCUT2D eigenvalue weighted by atomic mass is 32.2. The van der Waals surface area contributed by atoms with Crippen molar-refractivity contribution < 1.29 is 0 Å². The van der Waals surface area contributed by atoms with Gasteiger partial charge in [-0.1, -0.05) is 219 Å². The molecule has 2 N–H and O–H groups in total. The van der Waals surface area contributed by atoms with Gasteiger partial charge < -0.3 is 5.73 Å². The maximum absolute atomic E-state index is 5.87. The van der Waals surface area contributed by atoms with Gasteiger partial charge in [0.1, 0.15) is 4.32 Å². The zero-order chi connectivity index (χ0) is 29.9. The normalized spacial score (nSPS) is 11.6.